The quantitative estimate of drug-likeness (QED) is 0.439. The number of carbonyl (C=O) groups excluding carboxylic acids is 2. The number of methoxy groups -OCH3 is 1. The van der Waals surface area contributed by atoms with Gasteiger partial charge in [-0.3, -0.25) is 9.59 Å². The van der Waals surface area contributed by atoms with Gasteiger partial charge in [0.2, 0.25) is 5.91 Å². The Labute approximate surface area is 189 Å². The first-order chi connectivity index (χ1) is 15.2. The number of carbonyl (C=O) groups is 3. The van der Waals surface area contributed by atoms with Gasteiger partial charge in [-0.15, -0.1) is 0 Å². The Bertz CT molecular complexity index is 884. The molecule has 0 spiro atoms. The minimum Gasteiger partial charge on any atom is -0.481 e. The van der Waals surface area contributed by atoms with Crippen molar-refractivity contribution in [1.82, 2.24) is 10.6 Å². The molecule has 0 bridgehead atoms. The van der Waals surface area contributed by atoms with Gasteiger partial charge >= 0.3 is 11.9 Å². The van der Waals surface area contributed by atoms with Gasteiger partial charge in [-0.2, -0.15) is 0 Å². The van der Waals surface area contributed by atoms with Crippen LogP contribution in [0.4, 0.5) is 0 Å². The van der Waals surface area contributed by atoms with Crippen molar-refractivity contribution < 1.29 is 24.2 Å². The van der Waals surface area contributed by atoms with E-state index in [0.717, 1.165) is 11.1 Å². The molecule has 7 heteroatoms. The van der Waals surface area contributed by atoms with Gasteiger partial charge < -0.3 is 20.5 Å². The van der Waals surface area contributed by atoms with E-state index in [-0.39, 0.29) is 11.8 Å². The molecule has 0 saturated heterocycles. The van der Waals surface area contributed by atoms with Crippen molar-refractivity contribution in [3.8, 4) is 0 Å². The summed E-state index contributed by atoms with van der Waals surface area (Å²) in [5.74, 6) is -2.23. The van der Waals surface area contributed by atoms with Crippen LogP contribution in [-0.4, -0.2) is 48.7 Å². The summed E-state index contributed by atoms with van der Waals surface area (Å²) in [5.41, 5.74) is 1.87. The zero-order chi connectivity index (χ0) is 23.6. The molecular weight excluding hydrogens is 408 g/mol. The molecular formula is C25H32N2O5. The van der Waals surface area contributed by atoms with Gasteiger partial charge in [0.25, 0.3) is 0 Å². The molecule has 0 aliphatic rings. The van der Waals surface area contributed by atoms with Crippen LogP contribution in [0.5, 0.6) is 0 Å². The Morgan fingerprint density at radius 1 is 0.969 bits per heavy atom. The van der Waals surface area contributed by atoms with E-state index in [4.69, 9.17) is 4.74 Å². The monoisotopic (exact) mass is 440 g/mol. The van der Waals surface area contributed by atoms with Gasteiger partial charge in [-0.1, -0.05) is 74.5 Å². The fourth-order valence-electron chi connectivity index (χ4n) is 3.48. The smallest absolute Gasteiger partial charge is 0.328 e. The van der Waals surface area contributed by atoms with E-state index in [1.807, 2.05) is 60.7 Å². The first-order valence-corrected chi connectivity index (χ1v) is 10.7. The van der Waals surface area contributed by atoms with Crippen LogP contribution in [0.15, 0.2) is 60.7 Å². The maximum atomic E-state index is 12.9. The van der Waals surface area contributed by atoms with E-state index >= 15 is 0 Å². The molecule has 7 nitrogen and oxygen atoms in total. The van der Waals surface area contributed by atoms with E-state index in [0.29, 0.717) is 13.0 Å². The number of carboxylic acids is 1. The highest BCUT2D eigenvalue weighted by molar-refractivity contribution is 5.90. The van der Waals surface area contributed by atoms with Gasteiger partial charge in [-0.05, 0) is 29.5 Å². The highest BCUT2D eigenvalue weighted by Gasteiger charge is 2.28. The van der Waals surface area contributed by atoms with Crippen LogP contribution in [0, 0.1) is 0 Å². The van der Waals surface area contributed by atoms with Crippen molar-refractivity contribution in [2.45, 2.75) is 50.6 Å². The minimum atomic E-state index is -1.10. The summed E-state index contributed by atoms with van der Waals surface area (Å²) in [7, 11) is 1.26. The lowest BCUT2D eigenvalue weighted by atomic mass is 9.81. The highest BCUT2D eigenvalue weighted by Crippen LogP contribution is 2.26. The summed E-state index contributed by atoms with van der Waals surface area (Å²) in [6, 6.07) is 17.4. The molecule has 2 atom stereocenters. The summed E-state index contributed by atoms with van der Waals surface area (Å²) < 4.78 is 4.83. The van der Waals surface area contributed by atoms with Crippen LogP contribution in [0.3, 0.4) is 0 Å². The molecule has 32 heavy (non-hydrogen) atoms. The largest absolute Gasteiger partial charge is 0.481 e. The standard InChI is InChI=1S/C25H32N2O5/c1-25(2,19-12-8-5-9-13-19)14-15-26-20(17-22(28)29)23(30)27-21(24(31)32-3)16-18-10-6-4-7-11-18/h4-13,20-21,26H,14-17H2,1-3H3,(H,27,30)(H,28,29)/t20-,21-/m0/s1. The summed E-state index contributed by atoms with van der Waals surface area (Å²) >= 11 is 0. The third kappa shape index (κ3) is 7.81. The molecule has 0 aromatic heterocycles. The van der Waals surface area contributed by atoms with Gasteiger partial charge in [0.15, 0.2) is 0 Å². The third-order valence-corrected chi connectivity index (χ3v) is 5.48. The molecule has 0 saturated carbocycles. The normalized spacial score (nSPS) is 13.1. The molecule has 0 radical (unpaired) electrons. The molecule has 2 aromatic rings. The van der Waals surface area contributed by atoms with Crippen molar-refractivity contribution in [3.05, 3.63) is 71.8 Å². The Morgan fingerprint density at radius 2 is 1.56 bits per heavy atom. The maximum absolute atomic E-state index is 12.9. The Hall–Kier alpha value is -3.19. The van der Waals surface area contributed by atoms with Crippen molar-refractivity contribution in [1.29, 1.82) is 0 Å². The molecule has 172 valence electrons. The molecule has 2 aromatic carbocycles. The molecule has 0 aliphatic heterocycles. The van der Waals surface area contributed by atoms with E-state index in [1.165, 1.54) is 7.11 Å². The number of ether oxygens (including phenoxy) is 1. The SMILES string of the molecule is COC(=O)[C@H](Cc1ccccc1)NC(=O)[C@H](CC(=O)O)NCCC(C)(C)c1ccccc1. The van der Waals surface area contributed by atoms with Crippen molar-refractivity contribution in [2.75, 3.05) is 13.7 Å². The third-order valence-electron chi connectivity index (χ3n) is 5.48. The Morgan fingerprint density at radius 3 is 2.12 bits per heavy atom. The lowest BCUT2D eigenvalue weighted by Gasteiger charge is -2.27. The lowest BCUT2D eigenvalue weighted by molar-refractivity contribution is -0.145. The Balaban J connectivity index is 2.03. The van der Waals surface area contributed by atoms with Gasteiger partial charge in [0.05, 0.1) is 19.6 Å². The summed E-state index contributed by atoms with van der Waals surface area (Å²) in [6.07, 6.45) is 0.557. The van der Waals surface area contributed by atoms with Crippen molar-refractivity contribution in [2.24, 2.45) is 0 Å². The van der Waals surface area contributed by atoms with Crippen LogP contribution in [0.2, 0.25) is 0 Å². The van der Waals surface area contributed by atoms with Crippen LogP contribution in [0.25, 0.3) is 0 Å². The highest BCUT2D eigenvalue weighted by atomic mass is 16.5. The number of benzene rings is 2. The predicted octanol–water partition coefficient (Wildman–Crippen LogP) is 2.69. The number of hydrogen-bond acceptors (Lipinski definition) is 5. The Kier molecular flexibility index (Phi) is 9.40. The first kappa shape index (κ1) is 25.1. The number of aliphatic carboxylic acids is 1. The van der Waals surface area contributed by atoms with Crippen molar-refractivity contribution in [3.63, 3.8) is 0 Å². The maximum Gasteiger partial charge on any atom is 0.328 e. The zero-order valence-electron chi connectivity index (χ0n) is 18.8. The molecule has 2 rings (SSSR count). The summed E-state index contributed by atoms with van der Waals surface area (Å²) in [4.78, 5) is 36.5. The number of carboxylic acid groups (broad SMARTS) is 1. The molecule has 0 unspecified atom stereocenters. The van der Waals surface area contributed by atoms with Crippen LogP contribution < -0.4 is 10.6 Å². The lowest BCUT2D eigenvalue weighted by Crippen LogP contribution is -2.52. The van der Waals surface area contributed by atoms with E-state index < -0.39 is 36.4 Å². The predicted molar refractivity (Wildman–Crippen MR) is 122 cm³/mol. The number of amides is 1. The average Bonchev–Trinajstić information content (AvgIpc) is 2.78. The van der Waals surface area contributed by atoms with E-state index in [2.05, 4.69) is 24.5 Å². The van der Waals surface area contributed by atoms with E-state index in [9.17, 15) is 19.5 Å². The fraction of sp³-hybridized carbons (Fsp3) is 0.400. The van der Waals surface area contributed by atoms with Crippen LogP contribution >= 0.6 is 0 Å². The molecule has 0 aliphatic carbocycles. The molecule has 1 amide bonds. The molecule has 3 N–H and O–H groups in total. The second-order valence-corrected chi connectivity index (χ2v) is 8.38. The van der Waals surface area contributed by atoms with Gasteiger partial charge in [0.1, 0.15) is 6.04 Å². The average molecular weight is 441 g/mol. The van der Waals surface area contributed by atoms with Gasteiger partial charge in [0, 0.05) is 6.42 Å². The van der Waals surface area contributed by atoms with Crippen LogP contribution in [0.1, 0.15) is 37.8 Å². The number of rotatable bonds is 12. The number of esters is 1. The van der Waals surface area contributed by atoms with Crippen molar-refractivity contribution >= 4 is 17.8 Å². The van der Waals surface area contributed by atoms with Gasteiger partial charge in [-0.25, -0.2) is 4.79 Å². The zero-order valence-corrected chi connectivity index (χ0v) is 18.8. The first-order valence-electron chi connectivity index (χ1n) is 10.7. The minimum absolute atomic E-state index is 0.152. The molecule has 0 fully saturated rings. The second kappa shape index (κ2) is 12.0. The summed E-state index contributed by atoms with van der Waals surface area (Å²) in [5, 5.41) is 15.0. The second-order valence-electron chi connectivity index (χ2n) is 8.38. The molecule has 0 heterocycles. The number of hydrogen-bond donors (Lipinski definition) is 3. The topological polar surface area (TPSA) is 105 Å². The summed E-state index contributed by atoms with van der Waals surface area (Å²) in [6.45, 7) is 4.64. The number of nitrogens with one attached hydrogen (secondary N) is 2. The van der Waals surface area contributed by atoms with Crippen LogP contribution in [-0.2, 0) is 31.0 Å². The fourth-order valence-corrected chi connectivity index (χ4v) is 3.48. The van der Waals surface area contributed by atoms with E-state index in [1.54, 1.807) is 0 Å².